The highest BCUT2D eigenvalue weighted by Gasteiger charge is 2.16. The lowest BCUT2D eigenvalue weighted by atomic mass is 10.1. The third-order valence-electron chi connectivity index (χ3n) is 4.12. The second kappa shape index (κ2) is 10.2. The van der Waals surface area contributed by atoms with Gasteiger partial charge >= 0.3 is 0 Å². The molecular formula is C21H23N5O5S. The van der Waals surface area contributed by atoms with Crippen LogP contribution in [0.15, 0.2) is 53.8 Å². The van der Waals surface area contributed by atoms with Crippen LogP contribution in [0.5, 0.6) is 5.75 Å². The summed E-state index contributed by atoms with van der Waals surface area (Å²) in [6.07, 6.45) is 4.27. The first kappa shape index (κ1) is 23.1. The summed E-state index contributed by atoms with van der Waals surface area (Å²) >= 11 is 0. The van der Waals surface area contributed by atoms with Crippen molar-refractivity contribution in [1.82, 2.24) is 15.0 Å². The molecule has 0 aliphatic rings. The van der Waals surface area contributed by atoms with Gasteiger partial charge in [-0.2, -0.15) is 0 Å². The zero-order valence-corrected chi connectivity index (χ0v) is 18.6. The van der Waals surface area contributed by atoms with Gasteiger partial charge in [0.1, 0.15) is 24.0 Å². The molecule has 3 aromatic heterocycles. The molecule has 2 N–H and O–H groups in total. The van der Waals surface area contributed by atoms with Crippen LogP contribution in [0.4, 0.5) is 17.3 Å². The lowest BCUT2D eigenvalue weighted by Gasteiger charge is -2.15. The second-order valence-corrected chi connectivity index (χ2v) is 8.74. The highest BCUT2D eigenvalue weighted by atomic mass is 32.2. The van der Waals surface area contributed by atoms with E-state index in [2.05, 4.69) is 25.6 Å². The molecule has 0 saturated heterocycles. The second-order valence-electron chi connectivity index (χ2n) is 6.78. The number of hydrogen-bond acceptors (Lipinski definition) is 9. The number of pyridine rings is 3. The molecule has 32 heavy (non-hydrogen) atoms. The summed E-state index contributed by atoms with van der Waals surface area (Å²) in [6, 6.07) is 9.97. The summed E-state index contributed by atoms with van der Waals surface area (Å²) in [5.74, 6) is 0.587. The average molecular weight is 458 g/mol. The van der Waals surface area contributed by atoms with Crippen LogP contribution in [0, 0.1) is 0 Å². The Morgan fingerprint density at radius 1 is 1.09 bits per heavy atom. The molecule has 0 radical (unpaired) electrons. The molecule has 0 aliphatic carbocycles. The van der Waals surface area contributed by atoms with Gasteiger partial charge in [0, 0.05) is 56.4 Å². The maximum absolute atomic E-state index is 12.1. The minimum Gasteiger partial charge on any atom is -0.491 e. The molecule has 10 nitrogen and oxygen atoms in total. The summed E-state index contributed by atoms with van der Waals surface area (Å²) in [5, 5.41) is 5.59. The molecule has 0 saturated carbocycles. The molecule has 0 spiro atoms. The molecule has 0 atom stereocenters. The highest BCUT2D eigenvalue weighted by molar-refractivity contribution is 7.90. The Hall–Kier alpha value is -3.57. The number of sulfone groups is 1. The zero-order chi connectivity index (χ0) is 23.1. The number of nitrogens with zero attached hydrogens (tertiary/aromatic N) is 3. The molecular weight excluding hydrogens is 434 g/mol. The highest BCUT2D eigenvalue weighted by Crippen LogP contribution is 2.31. The van der Waals surface area contributed by atoms with Gasteiger partial charge in [0.2, 0.25) is 5.91 Å². The van der Waals surface area contributed by atoms with E-state index in [4.69, 9.17) is 9.47 Å². The van der Waals surface area contributed by atoms with E-state index in [1.54, 1.807) is 43.8 Å². The first-order chi connectivity index (χ1) is 15.3. The first-order valence-corrected chi connectivity index (χ1v) is 11.5. The summed E-state index contributed by atoms with van der Waals surface area (Å²) < 4.78 is 34.9. The molecule has 0 aliphatic heterocycles. The van der Waals surface area contributed by atoms with Crippen LogP contribution in [0.1, 0.15) is 6.92 Å². The third-order valence-corrected chi connectivity index (χ3v) is 5.09. The summed E-state index contributed by atoms with van der Waals surface area (Å²) in [7, 11) is -2.06. The van der Waals surface area contributed by atoms with Crippen LogP contribution in [-0.4, -0.2) is 55.9 Å². The number of ether oxygens (including phenoxy) is 2. The monoisotopic (exact) mass is 457 g/mol. The predicted octanol–water partition coefficient (Wildman–Crippen LogP) is 2.67. The van der Waals surface area contributed by atoms with Crippen LogP contribution in [0.2, 0.25) is 0 Å². The van der Waals surface area contributed by atoms with Crippen molar-refractivity contribution in [1.29, 1.82) is 0 Å². The molecule has 0 bridgehead atoms. The Balaban J connectivity index is 2.05. The van der Waals surface area contributed by atoms with E-state index >= 15 is 0 Å². The number of carbonyl (C=O) groups is 1. The third kappa shape index (κ3) is 6.22. The van der Waals surface area contributed by atoms with Gasteiger partial charge in [-0.05, 0) is 12.1 Å². The smallest absolute Gasteiger partial charge is 0.222 e. The normalized spacial score (nSPS) is 11.1. The van der Waals surface area contributed by atoms with Crippen LogP contribution < -0.4 is 15.4 Å². The Morgan fingerprint density at radius 2 is 1.91 bits per heavy atom. The molecule has 0 fully saturated rings. The van der Waals surface area contributed by atoms with Gasteiger partial charge in [-0.3, -0.25) is 9.78 Å². The van der Waals surface area contributed by atoms with Gasteiger partial charge in [-0.1, -0.05) is 6.07 Å². The Labute approximate surface area is 186 Å². The SMILES string of the molecule is COCCOc1cc(Nc2cc(NC(C)=O)ncc2-c2ccccn2)nc(S(C)(=O)=O)c1. The van der Waals surface area contributed by atoms with Crippen molar-refractivity contribution in [3.8, 4) is 17.0 Å². The Morgan fingerprint density at radius 3 is 2.56 bits per heavy atom. The maximum atomic E-state index is 12.1. The van der Waals surface area contributed by atoms with Gasteiger partial charge in [-0.25, -0.2) is 18.4 Å². The number of hydrogen-bond donors (Lipinski definition) is 2. The number of amides is 1. The predicted molar refractivity (Wildman–Crippen MR) is 120 cm³/mol. The molecule has 3 rings (SSSR count). The van der Waals surface area contributed by atoms with Gasteiger partial charge in [0.25, 0.3) is 0 Å². The van der Waals surface area contributed by atoms with Crippen molar-refractivity contribution < 1.29 is 22.7 Å². The van der Waals surface area contributed by atoms with Gasteiger partial charge in [0.05, 0.1) is 18.0 Å². The first-order valence-electron chi connectivity index (χ1n) is 9.56. The van der Waals surface area contributed by atoms with Crippen molar-refractivity contribution in [3.63, 3.8) is 0 Å². The molecule has 0 unspecified atom stereocenters. The van der Waals surface area contributed by atoms with E-state index in [9.17, 15) is 13.2 Å². The van der Waals surface area contributed by atoms with Crippen molar-refractivity contribution in [2.45, 2.75) is 11.9 Å². The van der Waals surface area contributed by atoms with E-state index in [1.807, 2.05) is 6.07 Å². The molecule has 3 heterocycles. The maximum Gasteiger partial charge on any atom is 0.222 e. The van der Waals surface area contributed by atoms with Crippen LogP contribution in [0.3, 0.4) is 0 Å². The number of aromatic nitrogens is 3. The summed E-state index contributed by atoms with van der Waals surface area (Å²) in [4.78, 5) is 24.3. The van der Waals surface area contributed by atoms with Crippen LogP contribution in [-0.2, 0) is 19.4 Å². The van der Waals surface area contributed by atoms with Crippen molar-refractivity contribution in [2.75, 3.05) is 37.2 Å². The van der Waals surface area contributed by atoms with Gasteiger partial charge < -0.3 is 20.1 Å². The van der Waals surface area contributed by atoms with E-state index < -0.39 is 9.84 Å². The van der Waals surface area contributed by atoms with Crippen molar-refractivity contribution in [3.05, 3.63) is 48.8 Å². The lowest BCUT2D eigenvalue weighted by Crippen LogP contribution is -2.09. The van der Waals surface area contributed by atoms with Crippen LogP contribution in [0.25, 0.3) is 11.3 Å². The lowest BCUT2D eigenvalue weighted by molar-refractivity contribution is -0.114. The fourth-order valence-electron chi connectivity index (χ4n) is 2.73. The quantitative estimate of drug-likeness (QED) is 0.465. The topological polar surface area (TPSA) is 132 Å². The van der Waals surface area contributed by atoms with E-state index in [0.717, 1.165) is 6.26 Å². The molecule has 168 valence electrons. The Kier molecular flexibility index (Phi) is 7.33. The number of methoxy groups -OCH3 is 1. The summed E-state index contributed by atoms with van der Waals surface area (Å²) in [6.45, 7) is 1.96. The van der Waals surface area contributed by atoms with Crippen molar-refractivity contribution in [2.24, 2.45) is 0 Å². The van der Waals surface area contributed by atoms with Gasteiger partial charge in [0.15, 0.2) is 14.9 Å². The molecule has 3 aromatic rings. The average Bonchev–Trinajstić information content (AvgIpc) is 2.74. The molecule has 1 amide bonds. The standard InChI is InChI=1S/C21H23N5O5S/c1-14(27)24-19-12-18(16(13-23-19)17-6-4-5-7-22-17)25-20-10-15(31-9-8-30-2)11-21(26-20)32(3,28)29/h4-7,10-13H,8-9H2,1-3H3,(H2,23,24,25,26,27). The van der Waals surface area contributed by atoms with E-state index in [0.29, 0.717) is 35.1 Å². The minimum atomic E-state index is -3.60. The summed E-state index contributed by atoms with van der Waals surface area (Å²) in [5.41, 5.74) is 1.78. The minimum absolute atomic E-state index is 0.148. The van der Waals surface area contributed by atoms with E-state index in [1.165, 1.54) is 13.0 Å². The Bertz CT molecular complexity index is 1200. The molecule has 0 aromatic carbocycles. The van der Waals surface area contributed by atoms with Gasteiger partial charge in [-0.15, -0.1) is 0 Å². The number of rotatable bonds is 9. The van der Waals surface area contributed by atoms with E-state index in [-0.39, 0.29) is 23.4 Å². The fraction of sp³-hybridized carbons (Fsp3) is 0.238. The van der Waals surface area contributed by atoms with Crippen LogP contribution >= 0.6 is 0 Å². The number of carbonyl (C=O) groups excluding carboxylic acids is 1. The largest absolute Gasteiger partial charge is 0.491 e. The number of nitrogens with one attached hydrogen (secondary N) is 2. The zero-order valence-electron chi connectivity index (χ0n) is 17.8. The fourth-order valence-corrected chi connectivity index (χ4v) is 3.33. The number of anilines is 3. The van der Waals surface area contributed by atoms with Crippen molar-refractivity contribution >= 4 is 33.1 Å². The molecule has 11 heteroatoms.